The molecule has 0 heterocycles. The van der Waals surface area contributed by atoms with Gasteiger partial charge in [0.05, 0.1) is 6.10 Å². The molecule has 13 heavy (non-hydrogen) atoms. The van der Waals surface area contributed by atoms with Gasteiger partial charge in [-0.05, 0) is 45.2 Å². The zero-order valence-corrected chi connectivity index (χ0v) is 9.00. The van der Waals surface area contributed by atoms with E-state index in [2.05, 4.69) is 18.7 Å². The van der Waals surface area contributed by atoms with E-state index in [9.17, 15) is 5.11 Å². The van der Waals surface area contributed by atoms with E-state index in [-0.39, 0.29) is 6.10 Å². The molecule has 1 saturated carbocycles. The third-order valence-corrected chi connectivity index (χ3v) is 2.93. The van der Waals surface area contributed by atoms with E-state index in [0.717, 1.165) is 19.5 Å². The summed E-state index contributed by atoms with van der Waals surface area (Å²) in [4.78, 5) is 2.47. The molecule has 0 aromatic carbocycles. The van der Waals surface area contributed by atoms with Gasteiger partial charge in [0.1, 0.15) is 0 Å². The second-order valence-corrected chi connectivity index (χ2v) is 4.10. The summed E-state index contributed by atoms with van der Waals surface area (Å²) in [5.41, 5.74) is 0. The Kier molecular flexibility index (Phi) is 4.74. The summed E-state index contributed by atoms with van der Waals surface area (Å²) in [6, 6.07) is 0.458. The smallest absolute Gasteiger partial charge is 0.0695 e. The minimum atomic E-state index is -0.0573. The topological polar surface area (TPSA) is 23.5 Å². The normalized spacial score (nSPS) is 28.6. The van der Waals surface area contributed by atoms with Crippen LogP contribution in [0.2, 0.25) is 0 Å². The zero-order chi connectivity index (χ0) is 9.68. The largest absolute Gasteiger partial charge is 0.391 e. The summed E-state index contributed by atoms with van der Waals surface area (Å²) in [6.45, 7) is 6.72. The Hall–Kier alpha value is -0.0800. The maximum atomic E-state index is 9.77. The highest BCUT2D eigenvalue weighted by molar-refractivity contribution is 4.84. The first-order valence-corrected chi connectivity index (χ1v) is 5.71. The lowest BCUT2D eigenvalue weighted by Gasteiger charge is -2.30. The molecule has 1 aliphatic rings. The number of rotatable bonds is 5. The molecule has 78 valence electrons. The maximum Gasteiger partial charge on any atom is 0.0695 e. The fourth-order valence-electron chi connectivity index (χ4n) is 2.36. The van der Waals surface area contributed by atoms with Crippen LogP contribution in [0.5, 0.6) is 0 Å². The Morgan fingerprint density at radius 2 is 1.77 bits per heavy atom. The van der Waals surface area contributed by atoms with Crippen LogP contribution < -0.4 is 0 Å². The molecule has 0 saturated heterocycles. The number of aliphatic hydroxyl groups excluding tert-OH is 1. The van der Waals surface area contributed by atoms with Crippen LogP contribution in [0.25, 0.3) is 0 Å². The van der Waals surface area contributed by atoms with Crippen molar-refractivity contribution in [2.75, 3.05) is 13.1 Å². The van der Waals surface area contributed by atoms with Crippen LogP contribution in [0.4, 0.5) is 0 Å². The van der Waals surface area contributed by atoms with Crippen LogP contribution in [0.15, 0.2) is 0 Å². The van der Waals surface area contributed by atoms with Crippen molar-refractivity contribution in [3.8, 4) is 0 Å². The van der Waals surface area contributed by atoms with Crippen molar-refractivity contribution in [1.29, 1.82) is 0 Å². The molecule has 0 unspecified atom stereocenters. The lowest BCUT2D eigenvalue weighted by atomic mass is 10.1. The molecule has 0 aromatic heterocycles. The van der Waals surface area contributed by atoms with Crippen LogP contribution in [0, 0.1) is 0 Å². The predicted molar refractivity (Wildman–Crippen MR) is 55.8 cm³/mol. The van der Waals surface area contributed by atoms with Crippen molar-refractivity contribution in [2.24, 2.45) is 0 Å². The van der Waals surface area contributed by atoms with Crippen LogP contribution in [-0.4, -0.2) is 35.2 Å². The van der Waals surface area contributed by atoms with Crippen LogP contribution >= 0.6 is 0 Å². The van der Waals surface area contributed by atoms with Gasteiger partial charge in [0.25, 0.3) is 0 Å². The van der Waals surface area contributed by atoms with Crippen molar-refractivity contribution in [3.05, 3.63) is 0 Å². The predicted octanol–water partition coefficient (Wildman–Crippen LogP) is 2.02. The molecule has 0 bridgehead atoms. The van der Waals surface area contributed by atoms with Gasteiger partial charge in [-0.3, -0.25) is 4.90 Å². The Labute approximate surface area is 81.9 Å². The van der Waals surface area contributed by atoms with Gasteiger partial charge in [0, 0.05) is 6.04 Å². The number of aliphatic hydroxyl groups is 1. The van der Waals surface area contributed by atoms with Gasteiger partial charge in [-0.25, -0.2) is 0 Å². The van der Waals surface area contributed by atoms with Crippen LogP contribution in [-0.2, 0) is 0 Å². The van der Waals surface area contributed by atoms with Crippen molar-refractivity contribution in [2.45, 2.75) is 58.1 Å². The zero-order valence-electron chi connectivity index (χ0n) is 9.00. The van der Waals surface area contributed by atoms with Gasteiger partial charge >= 0.3 is 0 Å². The van der Waals surface area contributed by atoms with Crippen molar-refractivity contribution in [1.82, 2.24) is 4.90 Å². The molecule has 1 fully saturated rings. The molecule has 0 radical (unpaired) electrons. The second-order valence-electron chi connectivity index (χ2n) is 4.10. The quantitative estimate of drug-likeness (QED) is 0.708. The van der Waals surface area contributed by atoms with Gasteiger partial charge in [-0.15, -0.1) is 0 Å². The maximum absolute atomic E-state index is 9.77. The van der Waals surface area contributed by atoms with Gasteiger partial charge in [0.15, 0.2) is 0 Å². The number of nitrogens with zero attached hydrogens (tertiary/aromatic N) is 1. The van der Waals surface area contributed by atoms with E-state index < -0.39 is 0 Å². The molecule has 1 N–H and O–H groups in total. The highest BCUT2D eigenvalue weighted by atomic mass is 16.3. The lowest BCUT2D eigenvalue weighted by Crippen LogP contribution is -2.41. The van der Waals surface area contributed by atoms with Crippen molar-refractivity contribution >= 4 is 0 Å². The van der Waals surface area contributed by atoms with Crippen molar-refractivity contribution in [3.63, 3.8) is 0 Å². The third-order valence-electron chi connectivity index (χ3n) is 2.93. The summed E-state index contributed by atoms with van der Waals surface area (Å²) in [6.07, 6.45) is 5.75. The Bertz CT molecular complexity index is 132. The van der Waals surface area contributed by atoms with E-state index in [0.29, 0.717) is 6.04 Å². The second kappa shape index (κ2) is 5.61. The van der Waals surface area contributed by atoms with E-state index in [1.807, 2.05) is 0 Å². The monoisotopic (exact) mass is 185 g/mol. The Balaban J connectivity index is 2.42. The minimum absolute atomic E-state index is 0.0573. The Morgan fingerprint density at radius 3 is 2.15 bits per heavy atom. The van der Waals surface area contributed by atoms with E-state index in [1.54, 1.807) is 0 Å². The molecular formula is C11H23NO. The number of hydrogen-bond acceptors (Lipinski definition) is 2. The van der Waals surface area contributed by atoms with E-state index in [1.165, 1.54) is 25.7 Å². The first-order chi connectivity index (χ1) is 6.29. The van der Waals surface area contributed by atoms with Gasteiger partial charge in [-0.2, -0.15) is 0 Å². The van der Waals surface area contributed by atoms with Gasteiger partial charge in [0.2, 0.25) is 0 Å². The fraction of sp³-hybridized carbons (Fsp3) is 1.00. The van der Waals surface area contributed by atoms with E-state index in [4.69, 9.17) is 0 Å². The molecule has 0 aromatic rings. The van der Waals surface area contributed by atoms with Crippen LogP contribution in [0.1, 0.15) is 46.0 Å². The molecule has 0 spiro atoms. The summed E-state index contributed by atoms with van der Waals surface area (Å²) in [5, 5.41) is 9.77. The summed E-state index contributed by atoms with van der Waals surface area (Å²) < 4.78 is 0. The molecule has 0 aliphatic heterocycles. The molecular weight excluding hydrogens is 162 g/mol. The first-order valence-electron chi connectivity index (χ1n) is 5.71. The molecule has 2 heteroatoms. The molecule has 0 amide bonds. The fourth-order valence-corrected chi connectivity index (χ4v) is 2.36. The average molecular weight is 185 g/mol. The molecule has 1 aliphatic carbocycles. The summed E-state index contributed by atoms with van der Waals surface area (Å²) >= 11 is 0. The van der Waals surface area contributed by atoms with E-state index >= 15 is 0 Å². The SMILES string of the molecule is CCCN(CCC)[C@H]1CCC[C@@H]1O. The third kappa shape index (κ3) is 2.96. The van der Waals surface area contributed by atoms with Crippen molar-refractivity contribution < 1.29 is 5.11 Å². The highest BCUT2D eigenvalue weighted by Gasteiger charge is 2.29. The average Bonchev–Trinajstić information content (AvgIpc) is 2.51. The number of hydrogen-bond donors (Lipinski definition) is 1. The summed E-state index contributed by atoms with van der Waals surface area (Å²) in [7, 11) is 0. The lowest BCUT2D eigenvalue weighted by molar-refractivity contribution is 0.0705. The molecule has 1 rings (SSSR count). The van der Waals surface area contributed by atoms with Gasteiger partial charge < -0.3 is 5.11 Å². The Morgan fingerprint density at radius 1 is 1.15 bits per heavy atom. The van der Waals surface area contributed by atoms with Gasteiger partial charge in [-0.1, -0.05) is 13.8 Å². The molecule has 2 nitrogen and oxygen atoms in total. The standard InChI is InChI=1S/C11H23NO/c1-3-8-12(9-4-2)10-6-5-7-11(10)13/h10-11,13H,3-9H2,1-2H3/t10-,11-/m0/s1. The minimum Gasteiger partial charge on any atom is -0.391 e. The first kappa shape index (κ1) is 11.0. The summed E-state index contributed by atoms with van der Waals surface area (Å²) in [5.74, 6) is 0. The molecule has 2 atom stereocenters. The van der Waals surface area contributed by atoms with Crippen LogP contribution in [0.3, 0.4) is 0 Å². The highest BCUT2D eigenvalue weighted by Crippen LogP contribution is 2.24.